The molecule has 254 valence electrons. The zero-order valence-corrected chi connectivity index (χ0v) is 29.6. The van der Waals surface area contributed by atoms with E-state index in [4.69, 9.17) is 9.72 Å². The lowest BCUT2D eigenvalue weighted by Crippen LogP contribution is -2.24. The summed E-state index contributed by atoms with van der Waals surface area (Å²) in [4.78, 5) is 9.03. The third kappa shape index (κ3) is 5.35. The van der Waals surface area contributed by atoms with Crippen LogP contribution in [-0.2, 0) is 0 Å². The number of hydrogen-bond donors (Lipinski definition) is 0. The van der Waals surface area contributed by atoms with E-state index in [0.717, 1.165) is 61.6 Å². The van der Waals surface area contributed by atoms with Crippen molar-refractivity contribution in [2.75, 3.05) is 16.5 Å². The second-order valence-corrected chi connectivity index (χ2v) is 13.8. The van der Waals surface area contributed by atoms with Crippen LogP contribution in [0.5, 0.6) is 11.5 Å². The summed E-state index contributed by atoms with van der Waals surface area (Å²) in [6.07, 6.45) is 1.86. The molecule has 0 unspecified atom stereocenters. The van der Waals surface area contributed by atoms with Crippen molar-refractivity contribution in [2.45, 2.75) is 27.7 Å². The van der Waals surface area contributed by atoms with Crippen LogP contribution in [-0.4, -0.2) is 16.2 Å². The minimum atomic E-state index is -0.253. The molecule has 6 heteroatoms. The van der Waals surface area contributed by atoms with E-state index in [2.05, 4.69) is 122 Å². The van der Waals surface area contributed by atoms with Crippen molar-refractivity contribution < 1.29 is 9.13 Å². The van der Waals surface area contributed by atoms with Gasteiger partial charge < -0.3 is 14.5 Å². The molecular weight excluding hydrogens is 644 g/mol. The number of ether oxygens (including phenoxy) is 1. The van der Waals surface area contributed by atoms with Crippen LogP contribution in [0.2, 0.25) is 0 Å². The monoisotopic (exact) mass is 680 g/mol. The smallest absolute Gasteiger partial charge is 0.146 e. The SMILES string of the molecule is Cc1ccnc(-n2c3ccccc3c3ccc(Oc4cc(-c5c(C)cc(C)cc5C)cc(N5CN(c6ccccc6F)c6ccccc65)c4)cc32)c1. The molecule has 1 aliphatic heterocycles. The third-order valence-electron chi connectivity index (χ3n) is 10.1. The van der Waals surface area contributed by atoms with Crippen LogP contribution in [0.1, 0.15) is 22.3 Å². The number of fused-ring (bicyclic) bond motifs is 4. The van der Waals surface area contributed by atoms with Gasteiger partial charge in [0.2, 0.25) is 0 Å². The molecule has 0 saturated carbocycles. The third-order valence-corrected chi connectivity index (χ3v) is 10.1. The van der Waals surface area contributed by atoms with Crippen molar-refractivity contribution in [3.63, 3.8) is 0 Å². The Morgan fingerprint density at radius 2 is 1.27 bits per heavy atom. The van der Waals surface area contributed by atoms with Gasteiger partial charge in [0.05, 0.1) is 28.1 Å². The molecule has 0 N–H and O–H groups in total. The van der Waals surface area contributed by atoms with Crippen LogP contribution in [0.3, 0.4) is 0 Å². The van der Waals surface area contributed by atoms with Crippen LogP contribution in [0.4, 0.5) is 27.1 Å². The van der Waals surface area contributed by atoms with Gasteiger partial charge >= 0.3 is 0 Å². The Labute approximate surface area is 302 Å². The molecule has 3 heterocycles. The highest BCUT2D eigenvalue weighted by molar-refractivity contribution is 6.09. The van der Waals surface area contributed by atoms with Crippen LogP contribution in [0, 0.1) is 33.5 Å². The first-order valence-corrected chi connectivity index (χ1v) is 17.6. The Hall–Kier alpha value is -6.40. The Kier molecular flexibility index (Phi) is 7.54. The maximum Gasteiger partial charge on any atom is 0.146 e. The Morgan fingerprint density at radius 3 is 2.04 bits per heavy atom. The van der Waals surface area contributed by atoms with E-state index in [1.165, 1.54) is 28.3 Å². The van der Waals surface area contributed by atoms with Crippen LogP contribution in [0.15, 0.2) is 140 Å². The molecule has 0 fully saturated rings. The van der Waals surface area contributed by atoms with Crippen molar-refractivity contribution in [1.29, 1.82) is 0 Å². The number of halogens is 1. The standard InChI is InChI=1S/C46H37FN4O/c1-29-19-20-48-45(23-29)51-40-13-7-5-11-37(40)38-18-17-35(27-44(38)51)52-36-25-33(46-31(3)21-30(2)22-32(46)4)24-34(26-36)49-28-50(41-14-8-6-12-39(41)47)43-16-10-9-15-42(43)49/h5-27H,28H2,1-4H3. The second kappa shape index (κ2) is 12.4. The van der Waals surface area contributed by atoms with E-state index in [0.29, 0.717) is 18.1 Å². The van der Waals surface area contributed by atoms with Gasteiger partial charge in [-0.05, 0) is 122 Å². The summed E-state index contributed by atoms with van der Waals surface area (Å²) in [5.74, 6) is 2.05. The fraction of sp³-hybridized carbons (Fsp3) is 0.109. The second-order valence-electron chi connectivity index (χ2n) is 13.8. The minimum absolute atomic E-state index is 0.253. The highest BCUT2D eigenvalue weighted by Gasteiger charge is 2.30. The number of nitrogens with zero attached hydrogens (tertiary/aromatic N) is 4. The number of pyridine rings is 1. The summed E-state index contributed by atoms with van der Waals surface area (Å²) in [6.45, 7) is 9.00. The van der Waals surface area contributed by atoms with Gasteiger partial charge in [0.15, 0.2) is 0 Å². The lowest BCUT2D eigenvalue weighted by molar-refractivity contribution is 0.483. The van der Waals surface area contributed by atoms with Crippen molar-refractivity contribution in [2.24, 2.45) is 0 Å². The van der Waals surface area contributed by atoms with E-state index in [9.17, 15) is 0 Å². The van der Waals surface area contributed by atoms with Crippen LogP contribution >= 0.6 is 0 Å². The number of aryl methyl sites for hydroxylation is 4. The summed E-state index contributed by atoms with van der Waals surface area (Å²) in [6, 6.07) is 44.9. The molecule has 9 rings (SSSR count). The lowest BCUT2D eigenvalue weighted by atomic mass is 9.93. The lowest BCUT2D eigenvalue weighted by Gasteiger charge is -2.24. The molecule has 0 saturated heterocycles. The van der Waals surface area contributed by atoms with E-state index in [1.807, 2.05) is 47.5 Å². The van der Waals surface area contributed by atoms with Gasteiger partial charge in [-0.25, -0.2) is 9.37 Å². The molecular formula is C46H37FN4O. The van der Waals surface area contributed by atoms with Gasteiger partial charge in [-0.3, -0.25) is 4.57 Å². The van der Waals surface area contributed by atoms with E-state index >= 15 is 4.39 Å². The summed E-state index contributed by atoms with van der Waals surface area (Å²) in [7, 11) is 0. The average molecular weight is 681 g/mol. The molecule has 0 atom stereocenters. The first-order valence-electron chi connectivity index (χ1n) is 17.6. The first kappa shape index (κ1) is 31.6. The first-order chi connectivity index (χ1) is 25.3. The van der Waals surface area contributed by atoms with Gasteiger partial charge in [0, 0.05) is 34.8 Å². The average Bonchev–Trinajstić information content (AvgIpc) is 3.67. The predicted octanol–water partition coefficient (Wildman–Crippen LogP) is 12.3. The Balaban J connectivity index is 1.20. The molecule has 0 amide bonds. The Bertz CT molecular complexity index is 2650. The molecule has 2 aromatic heterocycles. The largest absolute Gasteiger partial charge is 0.457 e. The van der Waals surface area contributed by atoms with Gasteiger partial charge in [-0.15, -0.1) is 0 Å². The number of rotatable bonds is 6. The van der Waals surface area contributed by atoms with E-state index in [-0.39, 0.29) is 5.82 Å². The molecule has 1 aliphatic rings. The van der Waals surface area contributed by atoms with Gasteiger partial charge in [-0.2, -0.15) is 0 Å². The Morgan fingerprint density at radius 1 is 0.577 bits per heavy atom. The molecule has 0 bridgehead atoms. The zero-order valence-electron chi connectivity index (χ0n) is 29.6. The summed E-state index contributed by atoms with van der Waals surface area (Å²) >= 11 is 0. The number of benzene rings is 6. The molecule has 0 aliphatic carbocycles. The molecule has 0 spiro atoms. The number of para-hydroxylation sites is 4. The molecule has 8 aromatic rings. The fourth-order valence-corrected chi connectivity index (χ4v) is 7.93. The van der Waals surface area contributed by atoms with Crippen molar-refractivity contribution in [1.82, 2.24) is 9.55 Å². The predicted molar refractivity (Wildman–Crippen MR) is 211 cm³/mol. The summed E-state index contributed by atoms with van der Waals surface area (Å²) in [5.41, 5.74) is 12.6. The fourth-order valence-electron chi connectivity index (χ4n) is 7.93. The van der Waals surface area contributed by atoms with Crippen LogP contribution in [0.25, 0.3) is 38.8 Å². The minimum Gasteiger partial charge on any atom is -0.457 e. The van der Waals surface area contributed by atoms with Crippen molar-refractivity contribution in [3.8, 4) is 28.4 Å². The topological polar surface area (TPSA) is 33.5 Å². The zero-order chi connectivity index (χ0) is 35.5. The number of hydrogen-bond acceptors (Lipinski definition) is 4. The highest BCUT2D eigenvalue weighted by Crippen LogP contribution is 2.47. The maximum absolute atomic E-state index is 15.2. The number of aromatic nitrogens is 2. The molecule has 0 radical (unpaired) electrons. The van der Waals surface area contributed by atoms with E-state index in [1.54, 1.807) is 6.07 Å². The van der Waals surface area contributed by atoms with Gasteiger partial charge in [-0.1, -0.05) is 60.2 Å². The van der Waals surface area contributed by atoms with Crippen molar-refractivity contribution in [3.05, 3.63) is 168 Å². The summed E-state index contributed by atoms with van der Waals surface area (Å²) in [5, 5.41) is 2.29. The molecule has 5 nitrogen and oxygen atoms in total. The molecule has 52 heavy (non-hydrogen) atoms. The normalized spacial score (nSPS) is 12.6. The maximum atomic E-state index is 15.2. The quantitative estimate of drug-likeness (QED) is 0.175. The number of anilines is 4. The summed E-state index contributed by atoms with van der Waals surface area (Å²) < 4.78 is 24.3. The van der Waals surface area contributed by atoms with E-state index < -0.39 is 0 Å². The van der Waals surface area contributed by atoms with Gasteiger partial charge in [0.1, 0.15) is 29.8 Å². The van der Waals surface area contributed by atoms with Crippen molar-refractivity contribution >= 4 is 44.6 Å². The highest BCUT2D eigenvalue weighted by atomic mass is 19.1. The molecule has 6 aromatic carbocycles. The van der Waals surface area contributed by atoms with Gasteiger partial charge in [0.25, 0.3) is 0 Å². The van der Waals surface area contributed by atoms with Crippen LogP contribution < -0.4 is 14.5 Å².